The number of amides is 1. The van der Waals surface area contributed by atoms with Gasteiger partial charge in [0.1, 0.15) is 30.6 Å². The van der Waals surface area contributed by atoms with E-state index in [1.807, 2.05) is 123 Å². The summed E-state index contributed by atoms with van der Waals surface area (Å²) in [6.45, 7) is 44.9. The fourth-order valence-electron chi connectivity index (χ4n) is 9.52. The Labute approximate surface area is 778 Å². The van der Waals surface area contributed by atoms with Crippen LogP contribution in [0.3, 0.4) is 0 Å². The molecule has 0 saturated heterocycles. The number of aliphatic hydroxyl groups is 4. The summed E-state index contributed by atoms with van der Waals surface area (Å²) >= 11 is 0. The number of alkyl carbamates (subject to hydrolysis) is 1. The Morgan fingerprint density at radius 2 is 1.13 bits per heavy atom. The number of ketones is 1. The number of hydrogen-bond donors (Lipinski definition) is 9. The van der Waals surface area contributed by atoms with Crippen molar-refractivity contribution in [2.75, 3.05) is 17.3 Å². The third kappa shape index (κ3) is 54.3. The molecule has 3 fully saturated rings. The molecule has 3 saturated carbocycles. The number of nitrogens with zero attached hydrogens (tertiary/aromatic N) is 7. The number of aromatic nitrogens is 5. The maximum atomic E-state index is 13.8. The normalized spacial score (nSPS) is 14.1. The zero-order valence-corrected chi connectivity index (χ0v) is 85.0. The van der Waals surface area contributed by atoms with Crippen LogP contribution < -0.4 is 42.5 Å². The van der Waals surface area contributed by atoms with E-state index in [9.17, 15) is 40.9 Å². The van der Waals surface area contributed by atoms with Crippen LogP contribution in [0.25, 0.3) is 5.69 Å². The van der Waals surface area contributed by atoms with Gasteiger partial charge in [0, 0.05) is 113 Å². The van der Waals surface area contributed by atoms with Crippen molar-refractivity contribution >= 4 is 99.2 Å². The zero-order valence-electron chi connectivity index (χ0n) is 77.0. The second-order valence-electron chi connectivity index (χ2n) is 35.4. The fourth-order valence-corrected chi connectivity index (χ4v) is 12.0. The van der Waals surface area contributed by atoms with Gasteiger partial charge in [-0.25, -0.2) is 40.4 Å². The fraction of sp³-hybridized carbons (Fsp3) is 0.556. The van der Waals surface area contributed by atoms with Crippen LogP contribution in [-0.4, -0.2) is 169 Å². The number of hydrogen-bond acceptors (Lipinski definition) is 17. The van der Waals surface area contributed by atoms with Gasteiger partial charge in [0.05, 0.1) is 64.5 Å². The number of nitrogens with one attached hydrogen (secondary N) is 2. The molecule has 10 rings (SSSR count). The van der Waals surface area contributed by atoms with Crippen LogP contribution >= 0.6 is 0 Å². The minimum absolute atomic E-state index is 0. The molecule has 678 valence electrons. The summed E-state index contributed by atoms with van der Waals surface area (Å²) in [5.41, 5.74) is 11.9. The van der Waals surface area contributed by atoms with Crippen molar-refractivity contribution in [3.8, 4) is 5.69 Å². The summed E-state index contributed by atoms with van der Waals surface area (Å²) < 4.78 is 78.3. The van der Waals surface area contributed by atoms with Gasteiger partial charge in [-0.2, -0.15) is 27.7 Å². The number of carboxylic acids is 1. The van der Waals surface area contributed by atoms with Crippen LogP contribution in [0.1, 0.15) is 264 Å². The number of aryl methyl sites for hydroxylation is 1. The average molecular weight is 1880 g/mol. The summed E-state index contributed by atoms with van der Waals surface area (Å²) in [5.74, 6) is 0.962. The van der Waals surface area contributed by atoms with Gasteiger partial charge in [-0.15, -0.1) is 6.07 Å². The third-order valence-electron chi connectivity index (χ3n) is 16.6. The summed E-state index contributed by atoms with van der Waals surface area (Å²) in [6, 6.07) is 32.5. The molecule has 11 N–H and O–H groups in total. The quantitative estimate of drug-likeness (QED) is 0.0100. The van der Waals surface area contributed by atoms with E-state index in [-0.39, 0.29) is 125 Å². The molecule has 0 aliphatic heterocycles. The third-order valence-corrected chi connectivity index (χ3v) is 23.1. The van der Waals surface area contributed by atoms with Gasteiger partial charge >= 0.3 is 35.1 Å². The number of carbonyl (C=O) groups is 3. The first-order valence-electron chi connectivity index (χ1n) is 40.6. The Bertz CT molecular complexity index is 4190. The molecule has 3 aromatic carbocycles. The van der Waals surface area contributed by atoms with Crippen molar-refractivity contribution < 1.29 is 105 Å². The number of pyridine rings is 3. The van der Waals surface area contributed by atoms with Crippen molar-refractivity contribution in [3.05, 3.63) is 197 Å². The molecule has 3 aliphatic carbocycles. The molecule has 32 heteroatoms. The molecule has 122 heavy (non-hydrogen) atoms. The van der Waals surface area contributed by atoms with Crippen LogP contribution in [0.4, 0.5) is 25.0 Å². The molecule has 0 radical (unpaired) electrons. The van der Waals surface area contributed by atoms with Gasteiger partial charge in [0.15, 0.2) is 11.5 Å². The van der Waals surface area contributed by atoms with Gasteiger partial charge in [-0.1, -0.05) is 88.5 Å². The van der Waals surface area contributed by atoms with E-state index in [0.717, 1.165) is 77.5 Å². The standard InChI is InChI=1S/C21H28FN3OS.C17H21N3O4.C15H22N2OS.C11H13NO.C10H15FNSi.C4H11NOS.4C3H8O.BrH.Mg.Ti/c1-20(2,3)27(26)25-21(11-10-15-6-7-15,17-5-4-12-24-14-17)16-8-9-18(22)19(23)13-16;1-11-8-14(15(21)22)20(19-11)13-7-5-6-12(9-13)10-18-16(23)24-17(2,3)4;1-15(2,3)19(18)17-14(9-8-12-6-7-12)13-5-4-10-16-11-13;13-11(6-5-9-3-4-9)10-2-1-7-12-8-10;1-12(13(2,3)4)10-8-6-5-7-9(10)11;1-4(2,3)7(5)6;4*1-3(2)4;;;/h4-5,8-9,12-15,25H,6-7,10-11,23H2,1-3H3;5-9H,10H2,1-4H3,(H,18,23)(H,21,22);4-5,10-12H,6-9H2,1-3H3;1-2,7-9H,3-6H2;5,7-8H,1-4H3;5H2,1-3H3;4*3-4H,1-2H3;1H;;/q;;;;-1;;;;;;;+2;/p-1/t;;;;;7-;;;;;;;/m.....1......./s1. The molecule has 4 aromatic heterocycles. The molecule has 3 unspecified atom stereocenters. The first-order chi connectivity index (χ1) is 55.0. The number of nitrogens with two attached hydrogens (primary N) is 2. The molecule has 1 amide bonds. The number of halogens is 3. The molecule has 4 heterocycles. The van der Waals surface area contributed by atoms with Crippen LogP contribution in [0.2, 0.25) is 19.6 Å². The van der Waals surface area contributed by atoms with E-state index in [2.05, 4.69) is 60.2 Å². The smallest absolute Gasteiger partial charge is 1.00 e. The Hall–Kier alpha value is -5.75. The van der Waals surface area contributed by atoms with Crippen LogP contribution in [0, 0.1) is 42.4 Å². The van der Waals surface area contributed by atoms with E-state index in [1.165, 1.54) is 61.4 Å². The number of carboxylic acid groups (broad SMARTS) is 1. The summed E-state index contributed by atoms with van der Waals surface area (Å²) in [5, 5.41) is 53.4. The Kier molecular flexibility index (Phi) is 58.5. The van der Waals surface area contributed by atoms with E-state index >= 15 is 0 Å². The minimum Gasteiger partial charge on any atom is -1.00 e. The molecule has 3 aliphatic rings. The van der Waals surface area contributed by atoms with E-state index in [0.29, 0.717) is 29.4 Å². The van der Waals surface area contributed by atoms with Crippen molar-refractivity contribution in [2.45, 2.75) is 298 Å². The summed E-state index contributed by atoms with van der Waals surface area (Å²) in [6.07, 6.45) is 22.6. The van der Waals surface area contributed by atoms with E-state index < -0.39 is 75.0 Å². The number of anilines is 2. The second-order valence-corrected chi connectivity index (χ2v) is 46.1. The Morgan fingerprint density at radius 1 is 0.656 bits per heavy atom. The van der Waals surface area contributed by atoms with Gasteiger partial charge in [0.25, 0.3) is 0 Å². The molecule has 23 nitrogen and oxygen atoms in total. The zero-order chi connectivity index (χ0) is 91.0. The minimum atomic E-state index is -1.46. The monoisotopic (exact) mass is 1880 g/mol. The average Bonchev–Trinajstić information content (AvgIpc) is 0.971. The van der Waals surface area contributed by atoms with Gasteiger partial charge in [-0.3, -0.25) is 24.9 Å². The largest absolute Gasteiger partial charge is 2.00 e. The van der Waals surface area contributed by atoms with E-state index in [1.54, 1.807) is 157 Å². The topological polar surface area (TPSA) is 361 Å². The van der Waals surface area contributed by atoms with Crippen LogP contribution in [0.5, 0.6) is 0 Å². The van der Waals surface area contributed by atoms with Crippen molar-refractivity contribution in [3.63, 3.8) is 0 Å². The molecular formula is C90H142BrF2MgN11O12S3SiTi. The maximum absolute atomic E-state index is 13.8. The predicted octanol–water partition coefficient (Wildman–Crippen LogP) is 14.6. The number of carbonyl (C=O) groups excluding carboxylic acids is 2. The van der Waals surface area contributed by atoms with Crippen molar-refractivity contribution in [1.82, 2.24) is 34.8 Å². The molecule has 0 bridgehead atoms. The van der Waals surface area contributed by atoms with Gasteiger partial charge in [0.2, 0.25) is 0 Å². The molecular weight excluding hydrogens is 1740 g/mol. The van der Waals surface area contributed by atoms with Crippen LogP contribution in [0.15, 0.2) is 145 Å². The summed E-state index contributed by atoms with van der Waals surface area (Å²) in [4.78, 5) is 46.9. The predicted molar refractivity (Wildman–Crippen MR) is 493 cm³/mol. The van der Waals surface area contributed by atoms with Crippen LogP contribution in [-0.2, 0) is 71.5 Å². The molecule has 0 spiro atoms. The number of nitrogen functional groups attached to an aromatic ring is 1. The number of aliphatic hydroxyl groups excluding tert-OH is 4. The number of ether oxygens (including phenoxy) is 1. The maximum Gasteiger partial charge on any atom is 2.00 e. The van der Waals surface area contributed by atoms with Crippen molar-refractivity contribution in [2.24, 2.45) is 27.3 Å². The Balaban J connectivity index is -0.00000138. The van der Waals surface area contributed by atoms with Gasteiger partial charge in [-0.05, 0) is 279 Å². The second kappa shape index (κ2) is 59.3. The molecule has 7 aromatic rings. The number of Topliss-reactive ketones (excluding diaryl/α,β-unsaturated/α-hetero) is 1. The SMILES string of the molecule is CC(C)(C)S(=O)N=C(CCC1CC1)c1cccnc1.CC(C)(C)S(=O)NC(CCC1CC1)(c1cccnc1)c1ccc(F)c(N)c1.CC(C)(C)[S@](N)=O.CC(C)O.CC(C)O.CC(C)O.CC(C)O.CN(c1c[c-]ccc1F)[Si](C)(C)C.Cc1cc(C(=O)O)n(-c2cccc(CNC(=O)OC(C)(C)C)c2)n1.O=C(CCC1CC1)c1cccnc1.[Br-].[Mg+2].[Ti]. The number of benzene rings is 3. The number of rotatable bonds is 22. The molecule has 4 atom stereocenters. The Morgan fingerprint density at radius 3 is 1.54 bits per heavy atom. The van der Waals surface area contributed by atoms with Crippen molar-refractivity contribution in [1.29, 1.82) is 0 Å². The summed E-state index contributed by atoms with van der Waals surface area (Å²) in [7, 11) is -3.23. The first-order valence-corrected chi connectivity index (χ1v) is 47.6. The first kappa shape index (κ1) is 120. The number of aromatic carboxylic acids is 1. The van der Waals surface area contributed by atoms with E-state index in [4.69, 9.17) is 36.0 Å². The van der Waals surface area contributed by atoms with Gasteiger partial charge < -0.3 is 62.9 Å².